The summed E-state index contributed by atoms with van der Waals surface area (Å²) in [7, 11) is 0. The fraction of sp³-hybridized carbons (Fsp3) is 0.867. The monoisotopic (exact) mass is 256 g/mol. The molecule has 1 unspecified atom stereocenters. The summed E-state index contributed by atoms with van der Waals surface area (Å²) in [6.45, 7) is 12.2. The van der Waals surface area contributed by atoms with E-state index in [-0.39, 0.29) is 17.4 Å². The van der Waals surface area contributed by atoms with E-state index in [4.69, 9.17) is 9.47 Å². The molecule has 0 saturated heterocycles. The van der Waals surface area contributed by atoms with Crippen LogP contribution >= 0.6 is 0 Å². The van der Waals surface area contributed by atoms with E-state index in [9.17, 15) is 5.11 Å². The predicted octanol–water partition coefficient (Wildman–Crippen LogP) is 3.48. The van der Waals surface area contributed by atoms with Gasteiger partial charge in [-0.1, -0.05) is 27.7 Å². The van der Waals surface area contributed by atoms with Gasteiger partial charge in [0.1, 0.15) is 6.10 Å². The van der Waals surface area contributed by atoms with Crippen LogP contribution in [0.15, 0.2) is 12.5 Å². The first-order valence-electron chi connectivity index (χ1n) is 6.99. The second-order valence-corrected chi connectivity index (χ2v) is 6.36. The van der Waals surface area contributed by atoms with Crippen molar-refractivity contribution in [3.8, 4) is 0 Å². The van der Waals surface area contributed by atoms with E-state index in [0.29, 0.717) is 12.6 Å². The lowest BCUT2D eigenvalue weighted by Gasteiger charge is -2.33. The molecule has 0 aromatic rings. The lowest BCUT2D eigenvalue weighted by molar-refractivity contribution is -0.0696. The van der Waals surface area contributed by atoms with Crippen molar-refractivity contribution in [2.75, 3.05) is 6.61 Å². The highest BCUT2D eigenvalue weighted by atomic mass is 16.7. The number of ether oxygens (including phenoxy) is 2. The molecule has 106 valence electrons. The minimum absolute atomic E-state index is 0.215. The van der Waals surface area contributed by atoms with E-state index in [1.165, 1.54) is 12.8 Å². The maximum atomic E-state index is 10.1. The molecule has 1 aliphatic rings. The molecule has 3 heteroatoms. The Labute approximate surface area is 111 Å². The van der Waals surface area contributed by atoms with Crippen LogP contribution in [-0.4, -0.2) is 23.9 Å². The van der Waals surface area contributed by atoms with Gasteiger partial charge in [-0.05, 0) is 38.2 Å². The Hall–Kier alpha value is -0.700. The van der Waals surface area contributed by atoms with E-state index in [0.717, 1.165) is 12.8 Å². The Kier molecular flexibility index (Phi) is 5.51. The molecule has 0 amide bonds. The summed E-state index contributed by atoms with van der Waals surface area (Å²) >= 11 is 0. The van der Waals surface area contributed by atoms with Crippen molar-refractivity contribution >= 4 is 0 Å². The lowest BCUT2D eigenvalue weighted by atomic mass is 9.81. The van der Waals surface area contributed by atoms with Crippen LogP contribution < -0.4 is 0 Å². The Morgan fingerprint density at radius 1 is 1.33 bits per heavy atom. The molecule has 1 rings (SSSR count). The van der Waals surface area contributed by atoms with Crippen LogP contribution in [0.25, 0.3) is 0 Å². The fourth-order valence-electron chi connectivity index (χ4n) is 2.48. The highest BCUT2D eigenvalue weighted by Gasteiger charge is 2.31. The summed E-state index contributed by atoms with van der Waals surface area (Å²) in [5, 5.41) is 10.1. The Bertz CT molecular complexity index is 265. The predicted molar refractivity (Wildman–Crippen MR) is 73.1 cm³/mol. The SMILES string of the molecule is C=C(OCC(C)(C)C(O)C(C)C)OC1CCCC1. The van der Waals surface area contributed by atoms with Crippen molar-refractivity contribution in [1.82, 2.24) is 0 Å². The molecule has 18 heavy (non-hydrogen) atoms. The van der Waals surface area contributed by atoms with Crippen molar-refractivity contribution in [2.45, 2.75) is 65.6 Å². The van der Waals surface area contributed by atoms with E-state index in [1.54, 1.807) is 0 Å². The van der Waals surface area contributed by atoms with Gasteiger partial charge in [-0.2, -0.15) is 0 Å². The largest absolute Gasteiger partial charge is 0.465 e. The molecule has 3 nitrogen and oxygen atoms in total. The molecule has 1 aliphatic carbocycles. The Balaban J connectivity index is 2.32. The standard InChI is InChI=1S/C15H28O3/c1-11(2)14(16)15(4,5)10-17-12(3)18-13-8-6-7-9-13/h11,13-14,16H,3,6-10H2,1-2,4-5H3. The van der Waals surface area contributed by atoms with Gasteiger partial charge < -0.3 is 14.6 Å². The van der Waals surface area contributed by atoms with Crippen molar-refractivity contribution in [1.29, 1.82) is 0 Å². The first kappa shape index (κ1) is 15.4. The number of hydrogen-bond donors (Lipinski definition) is 1. The molecule has 0 bridgehead atoms. The quantitative estimate of drug-likeness (QED) is 0.709. The van der Waals surface area contributed by atoms with Gasteiger partial charge in [0.05, 0.1) is 12.7 Å². The van der Waals surface area contributed by atoms with Crippen molar-refractivity contribution in [2.24, 2.45) is 11.3 Å². The third-order valence-electron chi connectivity index (χ3n) is 3.64. The molecule has 1 N–H and O–H groups in total. The fourth-order valence-corrected chi connectivity index (χ4v) is 2.48. The topological polar surface area (TPSA) is 38.7 Å². The van der Waals surface area contributed by atoms with Crippen LogP contribution in [0.3, 0.4) is 0 Å². The van der Waals surface area contributed by atoms with Crippen LogP contribution in [0.2, 0.25) is 0 Å². The maximum absolute atomic E-state index is 10.1. The van der Waals surface area contributed by atoms with E-state index in [1.807, 2.05) is 27.7 Å². The number of aliphatic hydroxyl groups excluding tert-OH is 1. The second-order valence-electron chi connectivity index (χ2n) is 6.36. The first-order chi connectivity index (χ1) is 8.33. The normalized spacial score (nSPS) is 19.0. The van der Waals surface area contributed by atoms with Crippen LogP contribution in [-0.2, 0) is 9.47 Å². The summed E-state index contributed by atoms with van der Waals surface area (Å²) in [6, 6.07) is 0. The van der Waals surface area contributed by atoms with E-state index in [2.05, 4.69) is 6.58 Å². The molecular formula is C15H28O3. The molecule has 1 saturated carbocycles. The third kappa shape index (κ3) is 4.52. The second kappa shape index (κ2) is 6.46. The van der Waals surface area contributed by atoms with Gasteiger partial charge >= 0.3 is 0 Å². The van der Waals surface area contributed by atoms with Gasteiger partial charge in [-0.25, -0.2) is 0 Å². The number of rotatable bonds is 7. The summed E-state index contributed by atoms with van der Waals surface area (Å²) < 4.78 is 11.2. The summed E-state index contributed by atoms with van der Waals surface area (Å²) in [6.07, 6.45) is 4.54. The zero-order valence-electron chi connectivity index (χ0n) is 12.2. The highest BCUT2D eigenvalue weighted by molar-refractivity contribution is 4.83. The van der Waals surface area contributed by atoms with Crippen LogP contribution in [0, 0.1) is 11.3 Å². The molecule has 0 aromatic heterocycles. The smallest absolute Gasteiger partial charge is 0.271 e. The van der Waals surface area contributed by atoms with Gasteiger partial charge in [-0.3, -0.25) is 0 Å². The van der Waals surface area contributed by atoms with E-state index < -0.39 is 6.10 Å². The average molecular weight is 256 g/mol. The van der Waals surface area contributed by atoms with Crippen LogP contribution in [0.4, 0.5) is 0 Å². The molecule has 1 fully saturated rings. The number of hydrogen-bond acceptors (Lipinski definition) is 3. The molecular weight excluding hydrogens is 228 g/mol. The van der Waals surface area contributed by atoms with Gasteiger partial charge in [0.15, 0.2) is 0 Å². The zero-order valence-corrected chi connectivity index (χ0v) is 12.2. The van der Waals surface area contributed by atoms with Crippen molar-refractivity contribution < 1.29 is 14.6 Å². The van der Waals surface area contributed by atoms with Crippen molar-refractivity contribution in [3.63, 3.8) is 0 Å². The molecule has 0 spiro atoms. The number of aliphatic hydroxyl groups is 1. The van der Waals surface area contributed by atoms with Gasteiger partial charge in [0.25, 0.3) is 5.95 Å². The highest BCUT2D eigenvalue weighted by Crippen LogP contribution is 2.28. The minimum Gasteiger partial charge on any atom is -0.465 e. The zero-order chi connectivity index (χ0) is 13.8. The Morgan fingerprint density at radius 3 is 2.39 bits per heavy atom. The summed E-state index contributed by atoms with van der Waals surface area (Å²) in [5.74, 6) is 0.610. The van der Waals surface area contributed by atoms with Crippen LogP contribution in [0.5, 0.6) is 0 Å². The molecule has 0 radical (unpaired) electrons. The maximum Gasteiger partial charge on any atom is 0.271 e. The molecule has 1 atom stereocenters. The van der Waals surface area contributed by atoms with Gasteiger partial charge in [0.2, 0.25) is 0 Å². The Morgan fingerprint density at radius 2 is 1.89 bits per heavy atom. The molecule has 0 aromatic carbocycles. The molecule has 0 heterocycles. The van der Waals surface area contributed by atoms with Gasteiger partial charge in [0, 0.05) is 5.41 Å². The lowest BCUT2D eigenvalue weighted by Crippen LogP contribution is -2.37. The average Bonchev–Trinajstić information content (AvgIpc) is 2.78. The third-order valence-corrected chi connectivity index (χ3v) is 3.64. The summed E-state index contributed by atoms with van der Waals surface area (Å²) in [4.78, 5) is 0. The first-order valence-corrected chi connectivity index (χ1v) is 6.99. The van der Waals surface area contributed by atoms with Crippen LogP contribution in [0.1, 0.15) is 53.4 Å². The van der Waals surface area contributed by atoms with E-state index >= 15 is 0 Å². The summed E-state index contributed by atoms with van der Waals surface area (Å²) in [5.41, 5.74) is -0.295. The van der Waals surface area contributed by atoms with Gasteiger partial charge in [-0.15, -0.1) is 0 Å². The molecule has 0 aliphatic heterocycles. The van der Waals surface area contributed by atoms with Crippen molar-refractivity contribution in [3.05, 3.63) is 12.5 Å². The minimum atomic E-state index is -0.392.